The van der Waals surface area contributed by atoms with Gasteiger partial charge in [-0.25, -0.2) is 0 Å². The molecule has 1 atom stereocenters. The maximum atomic E-state index is 12.8. The normalized spacial score (nSPS) is 21.3. The summed E-state index contributed by atoms with van der Waals surface area (Å²) in [4.78, 5) is 15.1. The minimum absolute atomic E-state index is 0.166. The number of carbonyl (C=O) groups excluding carboxylic acids is 1. The largest absolute Gasteiger partial charge is 0.507 e. The lowest BCUT2D eigenvalue weighted by Gasteiger charge is -2.31. The zero-order valence-corrected chi connectivity index (χ0v) is 16.0. The number of rotatable bonds is 3. The number of phenolic OH excluding ortho intramolecular Hbond substituents is 1. The Kier molecular flexibility index (Phi) is 4.94. The van der Waals surface area contributed by atoms with Crippen LogP contribution in [0.1, 0.15) is 41.3 Å². The number of hydrogen-bond acceptors (Lipinski definition) is 4. The van der Waals surface area contributed by atoms with E-state index in [9.17, 15) is 9.90 Å². The van der Waals surface area contributed by atoms with Gasteiger partial charge in [-0.15, -0.1) is 0 Å². The number of Topliss-reactive ketones (excluding diaryl/α,β-unsaturated/α-hetero) is 1. The molecule has 2 aliphatic heterocycles. The molecule has 1 fully saturated rings. The molecule has 2 aliphatic rings. The first-order valence-electron chi connectivity index (χ1n) is 9.29. The van der Waals surface area contributed by atoms with Crippen LogP contribution in [0.4, 0.5) is 0 Å². The van der Waals surface area contributed by atoms with Gasteiger partial charge in [0, 0.05) is 18.1 Å². The third-order valence-corrected chi connectivity index (χ3v) is 5.58. The van der Waals surface area contributed by atoms with Crippen LogP contribution in [0.5, 0.6) is 11.5 Å². The standard InChI is InChI=1S/C22H22ClNO3/c1-14-5-4-10-24(12-14)13-17-19(25)9-8-16-21(26)20(27-22(16)17)11-15-6-2-3-7-18(15)23/h2-3,6-9,11,14,25H,4-5,10,12-13H2,1H3/b20-11-/t14-/m1/s1. The van der Waals surface area contributed by atoms with Crippen molar-refractivity contribution in [2.45, 2.75) is 26.3 Å². The fraction of sp³-hybridized carbons (Fsp3) is 0.318. The molecule has 1 N–H and O–H groups in total. The molecule has 0 radical (unpaired) electrons. The molecular weight excluding hydrogens is 362 g/mol. The third-order valence-electron chi connectivity index (χ3n) is 5.23. The molecule has 2 heterocycles. The fourth-order valence-electron chi connectivity index (χ4n) is 3.84. The van der Waals surface area contributed by atoms with Gasteiger partial charge in [0.05, 0.1) is 11.1 Å². The summed E-state index contributed by atoms with van der Waals surface area (Å²) < 4.78 is 5.92. The number of aromatic hydroxyl groups is 1. The van der Waals surface area contributed by atoms with E-state index in [1.54, 1.807) is 24.3 Å². The Balaban J connectivity index is 1.66. The number of nitrogens with zero attached hydrogens (tertiary/aromatic N) is 1. The van der Waals surface area contributed by atoms with E-state index < -0.39 is 0 Å². The summed E-state index contributed by atoms with van der Waals surface area (Å²) in [5, 5.41) is 11.0. The maximum absolute atomic E-state index is 12.8. The Hall–Kier alpha value is -2.30. The van der Waals surface area contributed by atoms with Crippen molar-refractivity contribution in [2.75, 3.05) is 13.1 Å². The second kappa shape index (κ2) is 7.37. The molecule has 0 amide bonds. The van der Waals surface area contributed by atoms with Crippen LogP contribution in [0.25, 0.3) is 6.08 Å². The van der Waals surface area contributed by atoms with Crippen molar-refractivity contribution in [3.05, 3.63) is 63.9 Å². The van der Waals surface area contributed by atoms with Crippen LogP contribution >= 0.6 is 11.6 Å². The van der Waals surface area contributed by atoms with Crippen molar-refractivity contribution in [3.63, 3.8) is 0 Å². The number of phenols is 1. The number of allylic oxidation sites excluding steroid dienone is 1. The number of carbonyl (C=O) groups is 1. The van der Waals surface area contributed by atoms with Crippen molar-refractivity contribution in [2.24, 2.45) is 5.92 Å². The number of ether oxygens (including phenoxy) is 1. The maximum Gasteiger partial charge on any atom is 0.231 e. The van der Waals surface area contributed by atoms with Gasteiger partial charge < -0.3 is 9.84 Å². The minimum Gasteiger partial charge on any atom is -0.507 e. The van der Waals surface area contributed by atoms with Gasteiger partial charge in [-0.3, -0.25) is 9.69 Å². The van der Waals surface area contributed by atoms with Crippen molar-refractivity contribution >= 4 is 23.5 Å². The zero-order chi connectivity index (χ0) is 19.0. The van der Waals surface area contributed by atoms with E-state index >= 15 is 0 Å². The number of hydrogen-bond donors (Lipinski definition) is 1. The van der Waals surface area contributed by atoms with Crippen LogP contribution in [-0.4, -0.2) is 28.9 Å². The van der Waals surface area contributed by atoms with E-state index in [2.05, 4.69) is 11.8 Å². The molecule has 2 aromatic carbocycles. The van der Waals surface area contributed by atoms with E-state index in [4.69, 9.17) is 16.3 Å². The van der Waals surface area contributed by atoms with Crippen LogP contribution in [-0.2, 0) is 6.54 Å². The first-order chi connectivity index (χ1) is 13.0. The highest BCUT2D eigenvalue weighted by molar-refractivity contribution is 6.32. The number of likely N-dealkylation sites (tertiary alicyclic amines) is 1. The fourth-order valence-corrected chi connectivity index (χ4v) is 4.03. The van der Waals surface area contributed by atoms with E-state index in [-0.39, 0.29) is 17.3 Å². The quantitative estimate of drug-likeness (QED) is 0.766. The Morgan fingerprint density at radius 1 is 1.30 bits per heavy atom. The summed E-state index contributed by atoms with van der Waals surface area (Å²) in [6.45, 7) is 4.79. The lowest BCUT2D eigenvalue weighted by Crippen LogP contribution is -2.33. The molecular formula is C22H22ClNO3. The minimum atomic E-state index is -0.182. The average Bonchev–Trinajstić information content (AvgIpc) is 2.96. The number of ketones is 1. The van der Waals surface area contributed by atoms with E-state index in [1.807, 2.05) is 18.2 Å². The van der Waals surface area contributed by atoms with Gasteiger partial charge in [-0.1, -0.05) is 36.7 Å². The summed E-state index contributed by atoms with van der Waals surface area (Å²) in [6.07, 6.45) is 4.04. The first-order valence-corrected chi connectivity index (χ1v) is 9.66. The molecule has 0 saturated carbocycles. The summed E-state index contributed by atoms with van der Waals surface area (Å²) in [6, 6.07) is 10.5. The monoisotopic (exact) mass is 383 g/mol. The van der Waals surface area contributed by atoms with Crippen LogP contribution in [0.15, 0.2) is 42.2 Å². The molecule has 0 bridgehead atoms. The van der Waals surface area contributed by atoms with E-state index in [0.29, 0.717) is 34.4 Å². The van der Waals surface area contributed by atoms with Crippen LogP contribution in [0.2, 0.25) is 5.02 Å². The Morgan fingerprint density at radius 3 is 2.89 bits per heavy atom. The Bertz CT molecular complexity index is 922. The molecule has 5 heteroatoms. The Morgan fingerprint density at radius 2 is 2.11 bits per heavy atom. The third kappa shape index (κ3) is 3.60. The lowest BCUT2D eigenvalue weighted by molar-refractivity contribution is 0.101. The van der Waals surface area contributed by atoms with Crippen molar-refractivity contribution in [3.8, 4) is 11.5 Å². The van der Waals surface area contributed by atoms with Gasteiger partial charge >= 0.3 is 0 Å². The summed E-state index contributed by atoms with van der Waals surface area (Å²) in [5.74, 6) is 1.32. The smallest absolute Gasteiger partial charge is 0.231 e. The number of halogens is 1. The average molecular weight is 384 g/mol. The van der Waals surface area contributed by atoms with Crippen LogP contribution in [0.3, 0.4) is 0 Å². The molecule has 1 saturated heterocycles. The summed E-state index contributed by atoms with van der Waals surface area (Å²) in [7, 11) is 0. The SMILES string of the molecule is C[C@@H]1CCCN(Cc2c(O)ccc3c2O/C(=C\c2ccccc2Cl)C3=O)C1. The van der Waals surface area contributed by atoms with E-state index in [0.717, 1.165) is 25.1 Å². The van der Waals surface area contributed by atoms with E-state index in [1.165, 1.54) is 6.42 Å². The molecule has 0 aromatic heterocycles. The van der Waals surface area contributed by atoms with Gasteiger partial charge in [-0.05, 0) is 55.1 Å². The summed E-state index contributed by atoms with van der Waals surface area (Å²) >= 11 is 6.20. The molecule has 0 aliphatic carbocycles. The molecule has 140 valence electrons. The number of fused-ring (bicyclic) bond motifs is 1. The van der Waals surface area contributed by atoms with Gasteiger partial charge in [0.2, 0.25) is 5.78 Å². The van der Waals surface area contributed by atoms with Crippen LogP contribution in [0, 0.1) is 5.92 Å². The van der Waals surface area contributed by atoms with Gasteiger partial charge in [-0.2, -0.15) is 0 Å². The molecule has 0 unspecified atom stereocenters. The highest BCUT2D eigenvalue weighted by atomic mass is 35.5. The molecule has 2 aromatic rings. The number of piperidine rings is 1. The Labute approximate surface area is 164 Å². The zero-order valence-electron chi connectivity index (χ0n) is 15.2. The molecule has 4 nitrogen and oxygen atoms in total. The highest BCUT2D eigenvalue weighted by Crippen LogP contribution is 2.40. The van der Waals surface area contributed by atoms with Crippen molar-refractivity contribution < 1.29 is 14.6 Å². The topological polar surface area (TPSA) is 49.8 Å². The van der Waals surface area contributed by atoms with Gasteiger partial charge in [0.15, 0.2) is 5.76 Å². The molecule has 0 spiro atoms. The van der Waals surface area contributed by atoms with Crippen molar-refractivity contribution in [1.29, 1.82) is 0 Å². The molecule has 27 heavy (non-hydrogen) atoms. The first kappa shape index (κ1) is 18.1. The number of benzene rings is 2. The van der Waals surface area contributed by atoms with Gasteiger partial charge in [0.1, 0.15) is 11.5 Å². The van der Waals surface area contributed by atoms with Crippen LogP contribution < -0.4 is 4.74 Å². The predicted molar refractivity (Wildman–Crippen MR) is 106 cm³/mol. The molecule has 4 rings (SSSR count). The van der Waals surface area contributed by atoms with Gasteiger partial charge in [0.25, 0.3) is 0 Å². The summed E-state index contributed by atoms with van der Waals surface area (Å²) in [5.41, 5.74) is 1.90. The second-order valence-corrected chi connectivity index (χ2v) is 7.79. The lowest BCUT2D eigenvalue weighted by atomic mass is 9.99. The van der Waals surface area contributed by atoms with Crippen molar-refractivity contribution in [1.82, 2.24) is 4.90 Å². The predicted octanol–water partition coefficient (Wildman–Crippen LogP) is 4.89. The second-order valence-electron chi connectivity index (χ2n) is 7.38. The highest BCUT2D eigenvalue weighted by Gasteiger charge is 2.32.